The van der Waals surface area contributed by atoms with Crippen molar-refractivity contribution in [3.63, 3.8) is 0 Å². The molecule has 0 saturated carbocycles. The molecule has 0 radical (unpaired) electrons. The van der Waals surface area contributed by atoms with E-state index in [1.54, 1.807) is 4.90 Å². The van der Waals surface area contributed by atoms with Gasteiger partial charge in [0.15, 0.2) is 6.10 Å². The summed E-state index contributed by atoms with van der Waals surface area (Å²) in [5, 5.41) is 2.97. The molecule has 7 nitrogen and oxygen atoms in total. The van der Waals surface area contributed by atoms with Gasteiger partial charge in [0, 0.05) is 18.7 Å². The molecule has 1 aliphatic heterocycles. The lowest BCUT2D eigenvalue weighted by atomic mass is 10.2. The van der Waals surface area contributed by atoms with Crippen LogP contribution in [0.25, 0.3) is 0 Å². The summed E-state index contributed by atoms with van der Waals surface area (Å²) in [6, 6.07) is 4.37. The van der Waals surface area contributed by atoms with Crippen LogP contribution < -0.4 is 5.32 Å². The minimum Gasteiger partial charge on any atom is -0.451 e. The molecule has 0 bridgehead atoms. The van der Waals surface area contributed by atoms with Crippen LogP contribution in [0.15, 0.2) is 18.2 Å². The van der Waals surface area contributed by atoms with E-state index < -0.39 is 18.0 Å². The average molecular weight is 389 g/mol. The fourth-order valence-electron chi connectivity index (χ4n) is 2.22. The van der Waals surface area contributed by atoms with E-state index >= 15 is 0 Å². The third-order valence-electron chi connectivity index (χ3n) is 3.55. The number of rotatable bonds is 5. The number of ether oxygens (including phenoxy) is 2. The first-order valence-electron chi connectivity index (χ1n) is 7.67. The maximum Gasteiger partial charge on any atom is 0.326 e. The van der Waals surface area contributed by atoms with Crippen LogP contribution in [0.2, 0.25) is 10.0 Å². The Morgan fingerprint density at radius 2 is 1.92 bits per heavy atom. The lowest BCUT2D eigenvalue weighted by Gasteiger charge is -2.28. The molecule has 2 amide bonds. The van der Waals surface area contributed by atoms with Crippen molar-refractivity contribution in [2.45, 2.75) is 13.0 Å². The fourth-order valence-corrected chi connectivity index (χ4v) is 2.52. The van der Waals surface area contributed by atoms with E-state index in [2.05, 4.69) is 5.32 Å². The van der Waals surface area contributed by atoms with Gasteiger partial charge in [0.2, 0.25) is 0 Å². The first-order chi connectivity index (χ1) is 11.9. The second-order valence-corrected chi connectivity index (χ2v) is 6.20. The average Bonchev–Trinajstić information content (AvgIpc) is 2.62. The molecular formula is C16H18Cl2N2O5. The predicted molar refractivity (Wildman–Crippen MR) is 91.7 cm³/mol. The van der Waals surface area contributed by atoms with Crippen LogP contribution >= 0.6 is 23.2 Å². The van der Waals surface area contributed by atoms with Gasteiger partial charge in [-0.1, -0.05) is 23.2 Å². The van der Waals surface area contributed by atoms with Crippen LogP contribution in [-0.2, 0) is 19.1 Å². The zero-order valence-electron chi connectivity index (χ0n) is 13.6. The third kappa shape index (κ3) is 5.59. The normalized spacial score (nSPS) is 15.4. The number of morpholine rings is 1. The van der Waals surface area contributed by atoms with Crippen LogP contribution in [-0.4, -0.2) is 61.6 Å². The number of hydrogen-bond donors (Lipinski definition) is 1. The maximum absolute atomic E-state index is 12.1. The van der Waals surface area contributed by atoms with Gasteiger partial charge in [-0.15, -0.1) is 0 Å². The molecule has 0 aromatic heterocycles. The molecule has 1 heterocycles. The third-order valence-corrected chi connectivity index (χ3v) is 4.29. The lowest BCUT2D eigenvalue weighted by molar-refractivity contribution is -0.160. The number of carbonyl (C=O) groups excluding carboxylic acids is 3. The largest absolute Gasteiger partial charge is 0.451 e. The number of amides is 2. The lowest BCUT2D eigenvalue weighted by Crippen LogP contribution is -2.46. The minimum atomic E-state index is -0.924. The van der Waals surface area contributed by atoms with Crippen molar-refractivity contribution in [1.29, 1.82) is 0 Å². The van der Waals surface area contributed by atoms with Gasteiger partial charge in [-0.25, -0.2) is 0 Å². The van der Waals surface area contributed by atoms with Gasteiger partial charge < -0.3 is 19.7 Å². The Bertz CT molecular complexity index is 662. The first-order valence-corrected chi connectivity index (χ1v) is 8.43. The summed E-state index contributed by atoms with van der Waals surface area (Å²) >= 11 is 11.6. The van der Waals surface area contributed by atoms with Gasteiger partial charge in [0.25, 0.3) is 11.8 Å². The molecule has 1 saturated heterocycles. The Balaban J connectivity index is 1.80. The minimum absolute atomic E-state index is 0.238. The fraction of sp³-hybridized carbons (Fsp3) is 0.438. The molecule has 1 aliphatic rings. The number of halogens is 2. The van der Waals surface area contributed by atoms with Crippen LogP contribution in [0, 0.1) is 0 Å². The van der Waals surface area contributed by atoms with Crippen LogP contribution in [0.1, 0.15) is 17.3 Å². The molecule has 1 aromatic carbocycles. The molecule has 136 valence electrons. The van der Waals surface area contributed by atoms with E-state index in [1.165, 1.54) is 25.1 Å². The maximum atomic E-state index is 12.1. The highest BCUT2D eigenvalue weighted by atomic mass is 35.5. The highest BCUT2D eigenvalue weighted by Gasteiger charge is 2.25. The number of hydrogen-bond acceptors (Lipinski definition) is 5. The molecule has 1 aromatic rings. The first kappa shape index (κ1) is 19.5. The number of carbonyl (C=O) groups is 3. The van der Waals surface area contributed by atoms with Gasteiger partial charge in [-0.05, 0) is 25.1 Å². The molecule has 1 N–H and O–H groups in total. The number of nitrogens with zero attached hydrogens (tertiary/aromatic N) is 1. The summed E-state index contributed by atoms with van der Waals surface area (Å²) in [5.41, 5.74) is 0.264. The Kier molecular flexibility index (Phi) is 7.04. The highest BCUT2D eigenvalue weighted by Crippen LogP contribution is 2.22. The smallest absolute Gasteiger partial charge is 0.326 e. The number of nitrogens with one attached hydrogen (secondary N) is 1. The van der Waals surface area contributed by atoms with E-state index in [-0.39, 0.29) is 23.0 Å². The molecule has 0 aliphatic carbocycles. The van der Waals surface area contributed by atoms with Gasteiger partial charge in [0.1, 0.15) is 6.54 Å². The molecule has 2 rings (SSSR count). The predicted octanol–water partition coefficient (Wildman–Crippen LogP) is 1.51. The van der Waals surface area contributed by atoms with Gasteiger partial charge in [-0.3, -0.25) is 14.4 Å². The van der Waals surface area contributed by atoms with Crippen molar-refractivity contribution in [3.8, 4) is 0 Å². The molecule has 1 atom stereocenters. The SMILES string of the molecule is C[C@H](OC(=O)CNC(=O)c1ccc(Cl)c(Cl)c1)C(=O)N1CCOCC1. The molecular weight excluding hydrogens is 371 g/mol. The second-order valence-electron chi connectivity index (χ2n) is 5.38. The molecule has 9 heteroatoms. The topological polar surface area (TPSA) is 84.9 Å². The summed E-state index contributed by atoms with van der Waals surface area (Å²) < 4.78 is 10.2. The van der Waals surface area contributed by atoms with Crippen molar-refractivity contribution < 1.29 is 23.9 Å². The standard InChI is InChI=1S/C16H18Cl2N2O5/c1-10(16(23)20-4-6-24-7-5-20)25-14(21)9-19-15(22)11-2-3-12(17)13(18)8-11/h2-3,8,10H,4-7,9H2,1H3,(H,19,22)/t10-/m0/s1. The van der Waals surface area contributed by atoms with Crippen LogP contribution in [0.4, 0.5) is 0 Å². The zero-order valence-corrected chi connectivity index (χ0v) is 15.1. The van der Waals surface area contributed by atoms with Crippen molar-refractivity contribution in [2.24, 2.45) is 0 Å². The summed E-state index contributed by atoms with van der Waals surface area (Å²) in [5.74, 6) is -1.49. The van der Waals surface area contributed by atoms with Crippen LogP contribution in [0.3, 0.4) is 0 Å². The zero-order chi connectivity index (χ0) is 18.4. The van der Waals surface area contributed by atoms with Gasteiger partial charge in [0.05, 0.1) is 23.3 Å². The van der Waals surface area contributed by atoms with E-state index in [4.69, 9.17) is 32.7 Å². The Morgan fingerprint density at radius 1 is 1.24 bits per heavy atom. The van der Waals surface area contributed by atoms with Crippen molar-refractivity contribution >= 4 is 41.0 Å². The summed E-state index contributed by atoms with van der Waals surface area (Å²) in [6.07, 6.45) is -0.924. The monoisotopic (exact) mass is 388 g/mol. The van der Waals surface area contributed by atoms with E-state index in [9.17, 15) is 14.4 Å². The van der Waals surface area contributed by atoms with Gasteiger partial charge in [-0.2, -0.15) is 0 Å². The summed E-state index contributed by atoms with van der Waals surface area (Å²) in [6.45, 7) is 3.00. The van der Waals surface area contributed by atoms with E-state index in [0.717, 1.165) is 0 Å². The van der Waals surface area contributed by atoms with Crippen molar-refractivity contribution in [1.82, 2.24) is 10.2 Å². The Morgan fingerprint density at radius 3 is 2.56 bits per heavy atom. The second kappa shape index (κ2) is 9.03. The summed E-state index contributed by atoms with van der Waals surface area (Å²) in [4.78, 5) is 37.5. The quantitative estimate of drug-likeness (QED) is 0.772. The van der Waals surface area contributed by atoms with E-state index in [0.29, 0.717) is 31.3 Å². The number of esters is 1. The Labute approximate surface area is 155 Å². The molecule has 0 unspecified atom stereocenters. The van der Waals surface area contributed by atoms with Crippen LogP contribution in [0.5, 0.6) is 0 Å². The Hall–Kier alpha value is -1.83. The molecule has 25 heavy (non-hydrogen) atoms. The van der Waals surface area contributed by atoms with Gasteiger partial charge >= 0.3 is 5.97 Å². The molecule has 1 fully saturated rings. The van der Waals surface area contributed by atoms with Crippen molar-refractivity contribution in [3.05, 3.63) is 33.8 Å². The number of benzene rings is 1. The highest BCUT2D eigenvalue weighted by molar-refractivity contribution is 6.42. The molecule has 0 spiro atoms. The van der Waals surface area contributed by atoms with E-state index in [1.807, 2.05) is 0 Å². The summed E-state index contributed by atoms with van der Waals surface area (Å²) in [7, 11) is 0. The van der Waals surface area contributed by atoms with Crippen molar-refractivity contribution in [2.75, 3.05) is 32.8 Å².